The van der Waals surface area contributed by atoms with Crippen molar-refractivity contribution >= 4 is 0 Å². The highest BCUT2D eigenvalue weighted by molar-refractivity contribution is 4.84. The molecule has 0 bridgehead atoms. The molecule has 1 aliphatic heterocycles. The summed E-state index contributed by atoms with van der Waals surface area (Å²) < 4.78 is 5.57. The molecule has 2 heteroatoms. The van der Waals surface area contributed by atoms with E-state index in [4.69, 9.17) is 4.74 Å². The van der Waals surface area contributed by atoms with Gasteiger partial charge in [-0.15, -0.1) is 6.58 Å². The number of ether oxygens (including phenoxy) is 1. The zero-order valence-electron chi connectivity index (χ0n) is 10.2. The number of allylic oxidation sites excluding steroid dienone is 1. The van der Waals surface area contributed by atoms with Gasteiger partial charge in [0, 0.05) is 18.7 Å². The summed E-state index contributed by atoms with van der Waals surface area (Å²) in [5.74, 6) is 0. The molecule has 1 N–H and O–H groups in total. The Kier molecular flexibility index (Phi) is 5.96. The molecule has 88 valence electrons. The maximum Gasteiger partial charge on any atom is 0.0700 e. The molecule has 0 saturated carbocycles. The van der Waals surface area contributed by atoms with Crippen molar-refractivity contribution in [2.24, 2.45) is 0 Å². The van der Waals surface area contributed by atoms with Crippen LogP contribution in [-0.4, -0.2) is 24.8 Å². The predicted octanol–water partition coefficient (Wildman–Crippen LogP) is 2.89. The molecular weight excluding hydrogens is 186 g/mol. The number of hydrogen-bond acceptors (Lipinski definition) is 2. The third kappa shape index (κ3) is 4.35. The lowest BCUT2D eigenvalue weighted by Gasteiger charge is -2.24. The molecule has 0 aliphatic carbocycles. The average molecular weight is 211 g/mol. The van der Waals surface area contributed by atoms with Gasteiger partial charge in [-0.1, -0.05) is 19.4 Å². The lowest BCUT2D eigenvalue weighted by atomic mass is 10.0. The van der Waals surface area contributed by atoms with E-state index in [1.807, 2.05) is 6.08 Å². The molecule has 1 saturated heterocycles. The Labute approximate surface area is 94.1 Å². The minimum absolute atomic E-state index is 0.382. The lowest BCUT2D eigenvalue weighted by molar-refractivity contribution is 0.110. The molecule has 0 radical (unpaired) electrons. The lowest BCUT2D eigenvalue weighted by Crippen LogP contribution is -2.42. The number of rotatable bonds is 7. The van der Waals surface area contributed by atoms with E-state index in [2.05, 4.69) is 25.7 Å². The minimum atomic E-state index is 0.382. The van der Waals surface area contributed by atoms with Crippen molar-refractivity contribution in [3.63, 3.8) is 0 Å². The molecule has 1 fully saturated rings. The van der Waals surface area contributed by atoms with Crippen molar-refractivity contribution in [1.82, 2.24) is 5.32 Å². The third-order valence-corrected chi connectivity index (χ3v) is 3.18. The first-order valence-electron chi connectivity index (χ1n) is 6.26. The van der Waals surface area contributed by atoms with Crippen molar-refractivity contribution in [2.45, 2.75) is 64.1 Å². The fourth-order valence-corrected chi connectivity index (χ4v) is 2.23. The number of hydrogen-bond donors (Lipinski definition) is 1. The standard InChI is InChI=1S/C13H25NO/c1-4-6-8-12(7-5-2)14-13-9-10-15-11(13)3/h4,11-14H,1,5-10H2,2-3H3. The van der Waals surface area contributed by atoms with Crippen LogP contribution in [0.15, 0.2) is 12.7 Å². The normalized spacial score (nSPS) is 27.9. The summed E-state index contributed by atoms with van der Waals surface area (Å²) in [5.41, 5.74) is 0. The van der Waals surface area contributed by atoms with Gasteiger partial charge in [0.2, 0.25) is 0 Å². The largest absolute Gasteiger partial charge is 0.377 e. The summed E-state index contributed by atoms with van der Waals surface area (Å²) in [6, 6.07) is 1.20. The quantitative estimate of drug-likeness (QED) is 0.654. The summed E-state index contributed by atoms with van der Waals surface area (Å²) >= 11 is 0. The Morgan fingerprint density at radius 2 is 2.33 bits per heavy atom. The fourth-order valence-electron chi connectivity index (χ4n) is 2.23. The molecular formula is C13H25NO. The van der Waals surface area contributed by atoms with Crippen LogP contribution in [0.1, 0.15) is 46.0 Å². The highest BCUT2D eigenvalue weighted by Crippen LogP contribution is 2.16. The van der Waals surface area contributed by atoms with E-state index >= 15 is 0 Å². The Hall–Kier alpha value is -0.340. The van der Waals surface area contributed by atoms with Gasteiger partial charge in [0.15, 0.2) is 0 Å². The van der Waals surface area contributed by atoms with E-state index in [-0.39, 0.29) is 0 Å². The van der Waals surface area contributed by atoms with Crippen LogP contribution in [0, 0.1) is 0 Å². The molecule has 1 rings (SSSR count). The highest BCUT2D eigenvalue weighted by atomic mass is 16.5. The third-order valence-electron chi connectivity index (χ3n) is 3.18. The first-order chi connectivity index (χ1) is 7.27. The van der Waals surface area contributed by atoms with Crippen molar-refractivity contribution in [3.8, 4) is 0 Å². The summed E-state index contributed by atoms with van der Waals surface area (Å²) in [5, 5.41) is 3.73. The maximum absolute atomic E-state index is 5.57. The predicted molar refractivity (Wildman–Crippen MR) is 65.1 cm³/mol. The Morgan fingerprint density at radius 3 is 2.87 bits per heavy atom. The van der Waals surface area contributed by atoms with Gasteiger partial charge in [0.25, 0.3) is 0 Å². The summed E-state index contributed by atoms with van der Waals surface area (Å²) in [6.45, 7) is 9.12. The highest BCUT2D eigenvalue weighted by Gasteiger charge is 2.25. The summed E-state index contributed by atoms with van der Waals surface area (Å²) in [7, 11) is 0. The van der Waals surface area contributed by atoms with Gasteiger partial charge in [-0.25, -0.2) is 0 Å². The van der Waals surface area contributed by atoms with Gasteiger partial charge in [0.05, 0.1) is 6.10 Å². The molecule has 3 atom stereocenters. The van der Waals surface area contributed by atoms with Gasteiger partial charge in [-0.2, -0.15) is 0 Å². The maximum atomic E-state index is 5.57. The summed E-state index contributed by atoms with van der Waals surface area (Å²) in [6.07, 6.45) is 8.38. The van der Waals surface area contributed by atoms with Crippen LogP contribution in [0.2, 0.25) is 0 Å². The molecule has 0 amide bonds. The SMILES string of the molecule is C=CCCC(CCC)NC1CCOC1C. The fraction of sp³-hybridized carbons (Fsp3) is 0.846. The van der Waals surface area contributed by atoms with Crippen LogP contribution >= 0.6 is 0 Å². The van der Waals surface area contributed by atoms with Crippen LogP contribution in [-0.2, 0) is 4.74 Å². The van der Waals surface area contributed by atoms with Gasteiger partial charge >= 0.3 is 0 Å². The topological polar surface area (TPSA) is 21.3 Å². The molecule has 2 nitrogen and oxygen atoms in total. The Morgan fingerprint density at radius 1 is 1.53 bits per heavy atom. The Balaban J connectivity index is 2.31. The monoisotopic (exact) mass is 211 g/mol. The average Bonchev–Trinajstić information content (AvgIpc) is 2.61. The second kappa shape index (κ2) is 7.02. The van der Waals surface area contributed by atoms with Crippen molar-refractivity contribution < 1.29 is 4.74 Å². The van der Waals surface area contributed by atoms with Crippen LogP contribution < -0.4 is 5.32 Å². The molecule has 0 aromatic rings. The molecule has 15 heavy (non-hydrogen) atoms. The first-order valence-corrected chi connectivity index (χ1v) is 6.26. The molecule has 3 unspecified atom stereocenters. The minimum Gasteiger partial charge on any atom is -0.377 e. The van der Waals surface area contributed by atoms with E-state index < -0.39 is 0 Å². The van der Waals surface area contributed by atoms with Crippen molar-refractivity contribution in [2.75, 3.05) is 6.61 Å². The summed E-state index contributed by atoms with van der Waals surface area (Å²) in [4.78, 5) is 0. The second-order valence-electron chi connectivity index (χ2n) is 4.49. The van der Waals surface area contributed by atoms with E-state index in [1.165, 1.54) is 19.3 Å². The molecule has 0 spiro atoms. The molecule has 1 aliphatic rings. The van der Waals surface area contributed by atoms with Gasteiger partial charge in [0.1, 0.15) is 0 Å². The van der Waals surface area contributed by atoms with Gasteiger partial charge < -0.3 is 10.1 Å². The van der Waals surface area contributed by atoms with E-state index in [0.717, 1.165) is 19.4 Å². The van der Waals surface area contributed by atoms with Crippen molar-refractivity contribution in [3.05, 3.63) is 12.7 Å². The zero-order chi connectivity index (χ0) is 11.1. The van der Waals surface area contributed by atoms with Gasteiger partial charge in [-0.3, -0.25) is 0 Å². The number of nitrogens with one attached hydrogen (secondary N) is 1. The second-order valence-corrected chi connectivity index (χ2v) is 4.49. The molecule has 0 aromatic heterocycles. The van der Waals surface area contributed by atoms with E-state index in [1.54, 1.807) is 0 Å². The van der Waals surface area contributed by atoms with Crippen LogP contribution in [0.4, 0.5) is 0 Å². The van der Waals surface area contributed by atoms with Crippen LogP contribution in [0.25, 0.3) is 0 Å². The van der Waals surface area contributed by atoms with Crippen molar-refractivity contribution in [1.29, 1.82) is 0 Å². The van der Waals surface area contributed by atoms with E-state index in [0.29, 0.717) is 18.2 Å². The smallest absolute Gasteiger partial charge is 0.0700 e. The Bertz CT molecular complexity index is 181. The first kappa shape index (κ1) is 12.7. The zero-order valence-corrected chi connectivity index (χ0v) is 10.2. The van der Waals surface area contributed by atoms with Crippen LogP contribution in [0.5, 0.6) is 0 Å². The van der Waals surface area contributed by atoms with E-state index in [9.17, 15) is 0 Å². The molecule has 1 heterocycles. The van der Waals surface area contributed by atoms with Crippen LogP contribution in [0.3, 0.4) is 0 Å². The molecule has 0 aromatic carbocycles. The van der Waals surface area contributed by atoms with Gasteiger partial charge in [-0.05, 0) is 32.6 Å².